The van der Waals surface area contributed by atoms with Gasteiger partial charge in [-0.1, -0.05) is 53.9 Å². The van der Waals surface area contributed by atoms with Gasteiger partial charge in [0.1, 0.15) is 0 Å². The molecule has 0 aromatic carbocycles. The van der Waals surface area contributed by atoms with Gasteiger partial charge in [0, 0.05) is 23.0 Å². The highest BCUT2D eigenvalue weighted by Gasteiger charge is 2.40. The Hall–Kier alpha value is -0.570. The number of carbonyl (C=O) groups excluding carboxylic acids is 1. The molecule has 2 unspecified atom stereocenters. The molecule has 0 spiro atoms. The fraction of sp³-hybridized carbons (Fsp3) is 0.955. The summed E-state index contributed by atoms with van der Waals surface area (Å²) in [6.07, 6.45) is 6.32. The molecule has 25 heavy (non-hydrogen) atoms. The summed E-state index contributed by atoms with van der Waals surface area (Å²) in [5.74, 6) is 0.831. The third-order valence-electron chi connectivity index (χ3n) is 6.62. The number of amides is 1. The zero-order valence-corrected chi connectivity index (χ0v) is 18.4. The van der Waals surface area contributed by atoms with Crippen LogP contribution in [0.1, 0.15) is 101 Å². The Morgan fingerprint density at radius 3 is 2.00 bits per heavy atom. The monoisotopic (exact) mass is 352 g/mol. The summed E-state index contributed by atoms with van der Waals surface area (Å²) < 4.78 is 0. The number of carbonyl (C=O) groups is 1. The largest absolute Gasteiger partial charge is 0.353 e. The van der Waals surface area contributed by atoms with E-state index in [9.17, 15) is 4.79 Å². The molecular weight excluding hydrogens is 308 g/mol. The maximum absolute atomic E-state index is 13.2. The number of nitrogens with one attached hydrogen (secondary N) is 2. The minimum atomic E-state index is 0.0624. The molecule has 1 heterocycles. The van der Waals surface area contributed by atoms with E-state index in [-0.39, 0.29) is 34.4 Å². The zero-order valence-electron chi connectivity index (χ0n) is 18.4. The van der Waals surface area contributed by atoms with Crippen molar-refractivity contribution < 1.29 is 4.79 Å². The van der Waals surface area contributed by atoms with Crippen LogP contribution in [0.5, 0.6) is 0 Å². The average molecular weight is 353 g/mol. The summed E-state index contributed by atoms with van der Waals surface area (Å²) in [5, 5.41) is 7.14. The molecular formula is C22H44N2O. The van der Waals surface area contributed by atoms with E-state index in [0.29, 0.717) is 5.92 Å². The summed E-state index contributed by atoms with van der Waals surface area (Å²) in [6.45, 7) is 20.3. The molecule has 3 heteroatoms. The number of hydrogen-bond donors (Lipinski definition) is 2. The predicted octanol–water partition coefficient (Wildman–Crippen LogP) is 5.29. The van der Waals surface area contributed by atoms with Crippen molar-refractivity contribution in [2.75, 3.05) is 0 Å². The van der Waals surface area contributed by atoms with Gasteiger partial charge in [0.05, 0.1) is 0 Å². The van der Waals surface area contributed by atoms with Crippen LogP contribution in [0.2, 0.25) is 0 Å². The first-order valence-corrected chi connectivity index (χ1v) is 10.5. The summed E-state index contributed by atoms with van der Waals surface area (Å²) in [4.78, 5) is 13.2. The van der Waals surface area contributed by atoms with Crippen LogP contribution in [0.15, 0.2) is 0 Å². The summed E-state index contributed by atoms with van der Waals surface area (Å²) in [5.41, 5.74) is 0.387. The standard InChI is InChI=1S/C22H44N2O/c1-10-16(4)18(15-22(9,11-2)12-3)19(25)23-17-13-20(5,6)24-21(7,8)14-17/h16-18,24H,10-15H2,1-9H3,(H,23,25). The summed E-state index contributed by atoms with van der Waals surface area (Å²) in [7, 11) is 0. The average Bonchev–Trinajstić information content (AvgIpc) is 2.48. The first-order valence-electron chi connectivity index (χ1n) is 10.5. The highest BCUT2D eigenvalue weighted by atomic mass is 16.2. The van der Waals surface area contributed by atoms with Crippen molar-refractivity contribution in [1.82, 2.24) is 10.6 Å². The first-order chi connectivity index (χ1) is 11.4. The lowest BCUT2D eigenvalue weighted by molar-refractivity contribution is -0.129. The summed E-state index contributed by atoms with van der Waals surface area (Å²) >= 11 is 0. The van der Waals surface area contributed by atoms with Gasteiger partial charge in [-0.05, 0) is 58.3 Å². The third kappa shape index (κ3) is 6.58. The molecule has 0 aromatic rings. The normalized spacial score (nSPS) is 23.1. The second-order valence-corrected chi connectivity index (χ2v) is 10.2. The van der Waals surface area contributed by atoms with Gasteiger partial charge in [-0.2, -0.15) is 0 Å². The Bertz CT molecular complexity index is 421. The molecule has 0 aliphatic carbocycles. The zero-order chi connectivity index (χ0) is 19.5. The van der Waals surface area contributed by atoms with Crippen molar-refractivity contribution in [2.45, 2.75) is 118 Å². The lowest BCUT2D eigenvalue weighted by Crippen LogP contribution is -2.62. The van der Waals surface area contributed by atoms with Crippen LogP contribution in [0, 0.1) is 17.3 Å². The van der Waals surface area contributed by atoms with Crippen LogP contribution in [0.3, 0.4) is 0 Å². The molecule has 0 radical (unpaired) electrons. The number of piperidine rings is 1. The van der Waals surface area contributed by atoms with Gasteiger partial charge in [-0.3, -0.25) is 4.79 Å². The number of hydrogen-bond acceptors (Lipinski definition) is 2. The highest BCUT2D eigenvalue weighted by molar-refractivity contribution is 5.79. The van der Waals surface area contributed by atoms with Crippen LogP contribution in [-0.4, -0.2) is 23.0 Å². The minimum absolute atomic E-state index is 0.0624. The SMILES string of the molecule is CCC(C)C(CC(C)(CC)CC)C(=O)NC1CC(C)(C)NC(C)(C)C1. The Morgan fingerprint density at radius 2 is 1.60 bits per heavy atom. The smallest absolute Gasteiger partial charge is 0.223 e. The van der Waals surface area contributed by atoms with Crippen LogP contribution in [-0.2, 0) is 4.79 Å². The Morgan fingerprint density at radius 1 is 1.12 bits per heavy atom. The number of rotatable bonds is 8. The van der Waals surface area contributed by atoms with Gasteiger partial charge < -0.3 is 10.6 Å². The second kappa shape index (κ2) is 8.41. The molecule has 2 atom stereocenters. The molecule has 1 aliphatic heterocycles. The second-order valence-electron chi connectivity index (χ2n) is 10.2. The minimum Gasteiger partial charge on any atom is -0.353 e. The molecule has 1 amide bonds. The van der Waals surface area contributed by atoms with E-state index >= 15 is 0 Å². The fourth-order valence-corrected chi connectivity index (χ4v) is 4.64. The maximum atomic E-state index is 13.2. The van der Waals surface area contributed by atoms with Crippen LogP contribution in [0.25, 0.3) is 0 Å². The highest BCUT2D eigenvalue weighted by Crippen LogP contribution is 2.37. The van der Waals surface area contributed by atoms with E-state index in [0.717, 1.165) is 38.5 Å². The lowest BCUT2D eigenvalue weighted by Gasteiger charge is -2.47. The fourth-order valence-electron chi connectivity index (χ4n) is 4.64. The van der Waals surface area contributed by atoms with Crippen molar-refractivity contribution in [1.29, 1.82) is 0 Å². The van der Waals surface area contributed by atoms with Gasteiger partial charge in [-0.15, -0.1) is 0 Å². The molecule has 1 aliphatic rings. The molecule has 148 valence electrons. The van der Waals surface area contributed by atoms with E-state index in [4.69, 9.17) is 0 Å². The topological polar surface area (TPSA) is 41.1 Å². The summed E-state index contributed by atoms with van der Waals surface area (Å²) in [6, 6.07) is 0.264. The molecule has 0 bridgehead atoms. The molecule has 2 N–H and O–H groups in total. The van der Waals surface area contributed by atoms with Gasteiger partial charge in [0.2, 0.25) is 5.91 Å². The Kier molecular flexibility index (Phi) is 7.56. The van der Waals surface area contributed by atoms with Crippen molar-refractivity contribution in [3.05, 3.63) is 0 Å². The van der Waals surface area contributed by atoms with Crippen LogP contribution in [0.4, 0.5) is 0 Å². The third-order valence-corrected chi connectivity index (χ3v) is 6.62. The maximum Gasteiger partial charge on any atom is 0.223 e. The van der Waals surface area contributed by atoms with E-state index in [1.165, 1.54) is 0 Å². The van der Waals surface area contributed by atoms with E-state index in [2.05, 4.69) is 72.9 Å². The molecule has 3 nitrogen and oxygen atoms in total. The van der Waals surface area contributed by atoms with E-state index < -0.39 is 0 Å². The van der Waals surface area contributed by atoms with Gasteiger partial charge in [-0.25, -0.2) is 0 Å². The Labute approximate surface area is 157 Å². The predicted molar refractivity (Wildman–Crippen MR) is 109 cm³/mol. The lowest BCUT2D eigenvalue weighted by atomic mass is 9.72. The Balaban J connectivity index is 2.88. The molecule has 1 rings (SSSR count). The van der Waals surface area contributed by atoms with E-state index in [1.54, 1.807) is 0 Å². The molecule has 1 fully saturated rings. The molecule has 0 aromatic heterocycles. The van der Waals surface area contributed by atoms with Crippen molar-refractivity contribution in [3.8, 4) is 0 Å². The van der Waals surface area contributed by atoms with E-state index in [1.807, 2.05) is 0 Å². The van der Waals surface area contributed by atoms with Gasteiger partial charge in [0.15, 0.2) is 0 Å². The van der Waals surface area contributed by atoms with Crippen LogP contribution >= 0.6 is 0 Å². The van der Waals surface area contributed by atoms with Crippen LogP contribution < -0.4 is 10.6 Å². The van der Waals surface area contributed by atoms with Gasteiger partial charge in [0.25, 0.3) is 0 Å². The first kappa shape index (κ1) is 22.5. The van der Waals surface area contributed by atoms with Crippen molar-refractivity contribution >= 4 is 5.91 Å². The molecule has 1 saturated heterocycles. The van der Waals surface area contributed by atoms with Gasteiger partial charge >= 0.3 is 0 Å². The van der Waals surface area contributed by atoms with Crippen molar-refractivity contribution in [2.24, 2.45) is 17.3 Å². The quantitative estimate of drug-likeness (QED) is 0.623. The van der Waals surface area contributed by atoms with Crippen molar-refractivity contribution in [3.63, 3.8) is 0 Å². The molecule has 0 saturated carbocycles.